The summed E-state index contributed by atoms with van der Waals surface area (Å²) in [4.78, 5) is 13.1. The highest BCUT2D eigenvalue weighted by Crippen LogP contribution is 2.23. The van der Waals surface area contributed by atoms with Crippen LogP contribution in [0.5, 0.6) is 0 Å². The molecule has 0 radical (unpaired) electrons. The second-order valence-electron chi connectivity index (χ2n) is 21.1. The van der Waals surface area contributed by atoms with Crippen LogP contribution in [0.4, 0.5) is 0 Å². The summed E-state index contributed by atoms with van der Waals surface area (Å²) in [6.07, 6.45) is 69.4. The van der Waals surface area contributed by atoms with Gasteiger partial charge >= 0.3 is 0 Å². The lowest BCUT2D eigenvalue weighted by Crippen LogP contribution is -2.60. The van der Waals surface area contributed by atoms with Crippen LogP contribution >= 0.6 is 0 Å². The average molecular weight is 1040 g/mol. The average Bonchev–Trinajstić information content (AvgIpc) is 3.40. The normalized spacial score (nSPS) is 19.6. The van der Waals surface area contributed by atoms with E-state index in [-0.39, 0.29) is 12.5 Å². The van der Waals surface area contributed by atoms with E-state index in [1.54, 1.807) is 6.08 Å². The van der Waals surface area contributed by atoms with Gasteiger partial charge in [-0.3, -0.25) is 4.79 Å². The van der Waals surface area contributed by atoms with Gasteiger partial charge in [0.25, 0.3) is 0 Å². The lowest BCUT2D eigenvalue weighted by atomic mass is 9.99. The third kappa shape index (κ3) is 42.5. The molecule has 0 spiro atoms. The maximum Gasteiger partial charge on any atom is 0.220 e. The van der Waals surface area contributed by atoms with Gasteiger partial charge in [-0.05, 0) is 77.0 Å². The van der Waals surface area contributed by atoms with E-state index in [0.717, 1.165) is 70.6 Å². The minimum Gasteiger partial charge on any atom is -0.394 e. The Hall–Kier alpha value is -2.63. The van der Waals surface area contributed by atoms with Crippen molar-refractivity contribution < 1.29 is 39.8 Å². The molecule has 428 valence electrons. The van der Waals surface area contributed by atoms with Crippen LogP contribution in [0.1, 0.15) is 264 Å². The molecule has 1 aliphatic heterocycles. The number of amides is 1. The summed E-state index contributed by atoms with van der Waals surface area (Å²) in [5.74, 6) is -0.189. The number of aliphatic hydroxyl groups is 5. The first-order valence-electron chi connectivity index (χ1n) is 30.8. The van der Waals surface area contributed by atoms with Crippen molar-refractivity contribution in [1.82, 2.24) is 5.32 Å². The Labute approximate surface area is 454 Å². The molecular formula is C65H115NO8. The van der Waals surface area contributed by atoms with E-state index < -0.39 is 49.5 Å². The fourth-order valence-corrected chi connectivity index (χ4v) is 9.38. The molecule has 9 heteroatoms. The van der Waals surface area contributed by atoms with Gasteiger partial charge in [0.15, 0.2) is 6.29 Å². The molecule has 1 aliphatic rings. The molecule has 6 N–H and O–H groups in total. The quantitative estimate of drug-likeness (QED) is 0.0261. The van der Waals surface area contributed by atoms with E-state index in [9.17, 15) is 30.3 Å². The van der Waals surface area contributed by atoms with Crippen LogP contribution in [0.3, 0.4) is 0 Å². The maximum absolute atomic E-state index is 13.1. The molecule has 0 saturated carbocycles. The first kappa shape index (κ1) is 69.4. The molecule has 1 saturated heterocycles. The minimum atomic E-state index is -1.58. The van der Waals surface area contributed by atoms with Crippen molar-refractivity contribution in [3.05, 3.63) is 85.1 Å². The molecule has 7 atom stereocenters. The summed E-state index contributed by atoms with van der Waals surface area (Å²) in [6.45, 7) is 3.67. The van der Waals surface area contributed by atoms with Gasteiger partial charge in [0.1, 0.15) is 24.4 Å². The van der Waals surface area contributed by atoms with E-state index >= 15 is 0 Å². The SMILES string of the molecule is CC/C=C\C/C=C\C/C=C\C/C=C\C/C=C\CCCCCCCCCCCCCCCC(=O)NC(COC1OC(CO)C(O)C(O)C1O)C(O)/C=C/CC/C=C/CCCCCCCCCCCCCCCCCC. The third-order valence-corrected chi connectivity index (χ3v) is 14.2. The number of hydrogen-bond donors (Lipinski definition) is 6. The van der Waals surface area contributed by atoms with Crippen LogP contribution in [0.25, 0.3) is 0 Å². The zero-order chi connectivity index (χ0) is 53.6. The molecule has 7 unspecified atom stereocenters. The maximum atomic E-state index is 13.1. The summed E-state index contributed by atoms with van der Waals surface area (Å²) in [6, 6.07) is -0.828. The molecule has 0 bridgehead atoms. The highest BCUT2D eigenvalue weighted by Gasteiger charge is 2.44. The Morgan fingerprint density at radius 3 is 1.30 bits per heavy atom. The number of ether oxygens (including phenoxy) is 2. The van der Waals surface area contributed by atoms with Gasteiger partial charge < -0.3 is 40.3 Å². The van der Waals surface area contributed by atoms with Gasteiger partial charge in [-0.15, -0.1) is 0 Å². The Morgan fingerprint density at radius 2 is 0.851 bits per heavy atom. The number of hydrogen-bond acceptors (Lipinski definition) is 8. The number of rotatable bonds is 52. The Balaban J connectivity index is 2.21. The molecule has 1 amide bonds. The van der Waals surface area contributed by atoms with Crippen LogP contribution < -0.4 is 5.32 Å². The smallest absolute Gasteiger partial charge is 0.220 e. The van der Waals surface area contributed by atoms with Gasteiger partial charge in [-0.25, -0.2) is 0 Å². The Kier molecular flexibility index (Phi) is 50.4. The molecule has 0 aromatic heterocycles. The summed E-state index contributed by atoms with van der Waals surface area (Å²) in [5.41, 5.74) is 0. The molecule has 1 heterocycles. The van der Waals surface area contributed by atoms with Crippen molar-refractivity contribution in [1.29, 1.82) is 0 Å². The van der Waals surface area contributed by atoms with Crippen LogP contribution in [0.2, 0.25) is 0 Å². The highest BCUT2D eigenvalue weighted by atomic mass is 16.7. The van der Waals surface area contributed by atoms with Gasteiger partial charge in [-0.2, -0.15) is 0 Å². The number of aliphatic hydroxyl groups excluding tert-OH is 5. The van der Waals surface area contributed by atoms with E-state index in [0.29, 0.717) is 6.42 Å². The number of allylic oxidation sites excluding steroid dienone is 13. The lowest BCUT2D eigenvalue weighted by Gasteiger charge is -2.40. The van der Waals surface area contributed by atoms with E-state index in [2.05, 4.69) is 92.1 Å². The van der Waals surface area contributed by atoms with Crippen LogP contribution in [0.15, 0.2) is 85.1 Å². The highest BCUT2D eigenvalue weighted by molar-refractivity contribution is 5.76. The fourth-order valence-electron chi connectivity index (χ4n) is 9.38. The zero-order valence-corrected chi connectivity index (χ0v) is 47.6. The standard InChI is InChI=1S/C65H115NO8/c1-3-5-7-9-11-13-15-17-19-21-23-25-27-28-29-30-31-32-33-35-37-39-41-43-45-47-49-51-53-55-61(69)66-58(57-73-65-64(72)63(71)62(70)60(56-67)74-65)59(68)54-52-50-48-46-44-42-40-38-36-34-26-24-22-20-18-16-14-12-10-8-6-4-2/h5,7,11,13,17,19,23,25,28-29,44,46,52,54,58-60,62-65,67-68,70-72H,3-4,6,8-10,12,14-16,18,20-22,24,26-27,30-43,45,47-51,53,55-57H2,1-2H3,(H,66,69)/b7-5-,13-11-,19-17-,25-23-,29-28-,46-44+,54-52+. The van der Waals surface area contributed by atoms with Crippen LogP contribution in [-0.4, -0.2) is 87.5 Å². The molecular weight excluding hydrogens is 923 g/mol. The molecule has 1 fully saturated rings. The van der Waals surface area contributed by atoms with Gasteiger partial charge in [-0.1, -0.05) is 266 Å². The van der Waals surface area contributed by atoms with E-state index in [1.165, 1.54) is 173 Å². The molecule has 0 aromatic carbocycles. The van der Waals surface area contributed by atoms with Crippen molar-refractivity contribution in [2.75, 3.05) is 13.2 Å². The molecule has 0 aliphatic carbocycles. The topological polar surface area (TPSA) is 149 Å². The largest absolute Gasteiger partial charge is 0.394 e. The minimum absolute atomic E-state index is 0.189. The van der Waals surface area contributed by atoms with Gasteiger partial charge in [0.2, 0.25) is 5.91 Å². The summed E-state index contributed by atoms with van der Waals surface area (Å²) >= 11 is 0. The number of carbonyl (C=O) groups excluding carboxylic acids is 1. The summed E-state index contributed by atoms with van der Waals surface area (Å²) in [7, 11) is 0. The molecule has 1 rings (SSSR count). The Morgan fingerprint density at radius 1 is 0.473 bits per heavy atom. The zero-order valence-electron chi connectivity index (χ0n) is 47.6. The predicted molar refractivity (Wildman–Crippen MR) is 313 cm³/mol. The Bertz CT molecular complexity index is 1440. The van der Waals surface area contributed by atoms with E-state index in [1.807, 2.05) is 6.08 Å². The second-order valence-corrected chi connectivity index (χ2v) is 21.1. The number of nitrogens with one attached hydrogen (secondary N) is 1. The van der Waals surface area contributed by atoms with Crippen LogP contribution in [0, 0.1) is 0 Å². The third-order valence-electron chi connectivity index (χ3n) is 14.2. The monoisotopic (exact) mass is 1040 g/mol. The van der Waals surface area contributed by atoms with Crippen molar-refractivity contribution >= 4 is 5.91 Å². The van der Waals surface area contributed by atoms with Crippen LogP contribution in [-0.2, 0) is 14.3 Å². The van der Waals surface area contributed by atoms with Crippen molar-refractivity contribution in [3.63, 3.8) is 0 Å². The van der Waals surface area contributed by atoms with Crippen molar-refractivity contribution in [2.24, 2.45) is 0 Å². The number of carbonyl (C=O) groups is 1. The molecule has 0 aromatic rings. The fraction of sp³-hybridized carbons (Fsp3) is 0.769. The van der Waals surface area contributed by atoms with E-state index in [4.69, 9.17) is 9.47 Å². The first-order chi connectivity index (χ1) is 36.3. The summed E-state index contributed by atoms with van der Waals surface area (Å²) < 4.78 is 11.3. The van der Waals surface area contributed by atoms with Gasteiger partial charge in [0, 0.05) is 6.42 Å². The first-order valence-corrected chi connectivity index (χ1v) is 30.8. The lowest BCUT2D eigenvalue weighted by molar-refractivity contribution is -0.302. The van der Waals surface area contributed by atoms with Gasteiger partial charge in [0.05, 0.1) is 25.4 Å². The second kappa shape index (κ2) is 53.8. The van der Waals surface area contributed by atoms with Crippen molar-refractivity contribution in [3.8, 4) is 0 Å². The van der Waals surface area contributed by atoms with Crippen molar-refractivity contribution in [2.45, 2.75) is 307 Å². The predicted octanol–water partition coefficient (Wildman–Crippen LogP) is 15.8. The molecule has 9 nitrogen and oxygen atoms in total. The summed E-state index contributed by atoms with van der Waals surface area (Å²) in [5, 5.41) is 54.6. The number of unbranched alkanes of at least 4 members (excludes halogenated alkanes) is 30. The molecule has 74 heavy (non-hydrogen) atoms.